The SMILES string of the molecule is CC(C)(C)C(=O)NCC1CCCN(c2ncnc3ccc(Br)cc23)C1. The maximum atomic E-state index is 12.1. The van der Waals surface area contributed by atoms with Crippen LogP contribution < -0.4 is 10.2 Å². The van der Waals surface area contributed by atoms with Crippen molar-refractivity contribution in [1.82, 2.24) is 15.3 Å². The number of nitrogens with zero attached hydrogens (tertiary/aromatic N) is 3. The fraction of sp³-hybridized carbons (Fsp3) is 0.526. The number of halogens is 1. The fourth-order valence-electron chi connectivity index (χ4n) is 3.19. The first kappa shape index (κ1) is 18.1. The van der Waals surface area contributed by atoms with Crippen LogP contribution >= 0.6 is 15.9 Å². The van der Waals surface area contributed by atoms with Crippen LogP contribution in [0.1, 0.15) is 33.6 Å². The van der Waals surface area contributed by atoms with E-state index in [-0.39, 0.29) is 11.3 Å². The van der Waals surface area contributed by atoms with Crippen molar-refractivity contribution >= 4 is 38.6 Å². The summed E-state index contributed by atoms with van der Waals surface area (Å²) in [6.07, 6.45) is 3.87. The van der Waals surface area contributed by atoms with Crippen LogP contribution in [0.15, 0.2) is 29.0 Å². The van der Waals surface area contributed by atoms with Crippen molar-refractivity contribution in [3.63, 3.8) is 0 Å². The van der Waals surface area contributed by atoms with Crippen LogP contribution in [-0.2, 0) is 4.79 Å². The molecule has 0 aliphatic carbocycles. The molecule has 1 saturated heterocycles. The lowest BCUT2D eigenvalue weighted by Crippen LogP contribution is -2.43. The number of fused-ring (bicyclic) bond motifs is 1. The van der Waals surface area contributed by atoms with Gasteiger partial charge in [0.2, 0.25) is 5.91 Å². The smallest absolute Gasteiger partial charge is 0.225 e. The highest BCUT2D eigenvalue weighted by molar-refractivity contribution is 9.10. The molecule has 2 heterocycles. The van der Waals surface area contributed by atoms with Gasteiger partial charge in [0, 0.05) is 34.9 Å². The standard InChI is InChI=1S/C19H25BrN4O/c1-19(2,3)18(25)21-10-13-5-4-8-24(11-13)17-15-9-14(20)6-7-16(15)22-12-23-17/h6-7,9,12-13H,4-5,8,10-11H2,1-3H3,(H,21,25). The van der Waals surface area contributed by atoms with Crippen molar-refractivity contribution in [1.29, 1.82) is 0 Å². The molecule has 0 saturated carbocycles. The topological polar surface area (TPSA) is 58.1 Å². The Hall–Kier alpha value is -1.69. The van der Waals surface area contributed by atoms with Gasteiger partial charge in [0.25, 0.3) is 0 Å². The van der Waals surface area contributed by atoms with Gasteiger partial charge in [-0.2, -0.15) is 0 Å². The van der Waals surface area contributed by atoms with Crippen LogP contribution in [0.3, 0.4) is 0 Å². The van der Waals surface area contributed by atoms with E-state index in [1.165, 1.54) is 0 Å². The zero-order valence-electron chi connectivity index (χ0n) is 15.1. The number of benzene rings is 1. The molecule has 2 aromatic rings. The second-order valence-electron chi connectivity index (χ2n) is 7.77. The Kier molecular flexibility index (Phi) is 5.27. The molecule has 134 valence electrons. The van der Waals surface area contributed by atoms with Crippen molar-refractivity contribution in [2.75, 3.05) is 24.5 Å². The van der Waals surface area contributed by atoms with Crippen LogP contribution in [0.5, 0.6) is 0 Å². The number of rotatable bonds is 3. The third-order valence-electron chi connectivity index (χ3n) is 4.63. The molecule has 0 bridgehead atoms. The Morgan fingerprint density at radius 2 is 2.16 bits per heavy atom. The Morgan fingerprint density at radius 3 is 2.92 bits per heavy atom. The number of amides is 1. The Balaban J connectivity index is 1.74. The summed E-state index contributed by atoms with van der Waals surface area (Å²) in [6.45, 7) is 8.45. The zero-order valence-corrected chi connectivity index (χ0v) is 16.6. The minimum absolute atomic E-state index is 0.112. The number of aromatic nitrogens is 2. The van der Waals surface area contributed by atoms with Crippen molar-refractivity contribution in [2.45, 2.75) is 33.6 Å². The highest BCUT2D eigenvalue weighted by atomic mass is 79.9. The second kappa shape index (κ2) is 7.28. The third-order valence-corrected chi connectivity index (χ3v) is 5.12. The highest BCUT2D eigenvalue weighted by Gasteiger charge is 2.25. The van der Waals surface area contributed by atoms with Gasteiger partial charge in [-0.05, 0) is 37.0 Å². The number of piperidine rings is 1. The molecule has 3 rings (SSSR count). The fourth-order valence-corrected chi connectivity index (χ4v) is 3.55. The lowest BCUT2D eigenvalue weighted by atomic mass is 9.94. The van der Waals surface area contributed by atoms with Gasteiger partial charge in [0.1, 0.15) is 12.1 Å². The van der Waals surface area contributed by atoms with E-state index in [2.05, 4.69) is 42.2 Å². The molecular formula is C19H25BrN4O. The number of hydrogen-bond acceptors (Lipinski definition) is 4. The number of carbonyl (C=O) groups is 1. The summed E-state index contributed by atoms with van der Waals surface area (Å²) in [4.78, 5) is 23.4. The van der Waals surface area contributed by atoms with E-state index >= 15 is 0 Å². The minimum Gasteiger partial charge on any atom is -0.356 e. The van der Waals surface area contributed by atoms with Crippen molar-refractivity contribution < 1.29 is 4.79 Å². The molecule has 0 spiro atoms. The Morgan fingerprint density at radius 1 is 1.36 bits per heavy atom. The van der Waals surface area contributed by atoms with E-state index in [1.54, 1.807) is 6.33 Å². The monoisotopic (exact) mass is 404 g/mol. The average molecular weight is 405 g/mol. The number of nitrogens with one attached hydrogen (secondary N) is 1. The number of hydrogen-bond donors (Lipinski definition) is 1. The molecule has 1 amide bonds. The average Bonchev–Trinajstić information content (AvgIpc) is 2.58. The van der Waals surface area contributed by atoms with Crippen LogP contribution in [0.4, 0.5) is 5.82 Å². The summed E-state index contributed by atoms with van der Waals surface area (Å²) in [7, 11) is 0. The zero-order chi connectivity index (χ0) is 18.0. The van der Waals surface area contributed by atoms with Gasteiger partial charge in [0.05, 0.1) is 5.52 Å². The van der Waals surface area contributed by atoms with Gasteiger partial charge in [-0.15, -0.1) is 0 Å². The molecule has 1 aliphatic heterocycles. The summed E-state index contributed by atoms with van der Waals surface area (Å²) in [5.41, 5.74) is 0.611. The first-order valence-corrected chi connectivity index (χ1v) is 9.57. The largest absolute Gasteiger partial charge is 0.356 e. The molecule has 6 heteroatoms. The van der Waals surface area contributed by atoms with E-state index in [9.17, 15) is 4.79 Å². The van der Waals surface area contributed by atoms with Crippen LogP contribution in [-0.4, -0.2) is 35.5 Å². The molecule has 1 fully saturated rings. The summed E-state index contributed by atoms with van der Waals surface area (Å²) in [6, 6.07) is 6.09. The molecule has 1 N–H and O–H groups in total. The van der Waals surface area contributed by atoms with Crippen LogP contribution in [0.25, 0.3) is 10.9 Å². The van der Waals surface area contributed by atoms with Gasteiger partial charge in [0.15, 0.2) is 0 Å². The summed E-state index contributed by atoms with van der Waals surface area (Å²) < 4.78 is 1.03. The van der Waals surface area contributed by atoms with Crippen molar-refractivity contribution in [3.8, 4) is 0 Å². The van der Waals surface area contributed by atoms with Crippen LogP contribution in [0, 0.1) is 11.3 Å². The molecule has 1 aliphatic rings. The maximum absolute atomic E-state index is 12.1. The second-order valence-corrected chi connectivity index (χ2v) is 8.69. The molecule has 1 atom stereocenters. The Labute approximate surface area is 157 Å². The van der Waals surface area contributed by atoms with E-state index in [0.29, 0.717) is 5.92 Å². The molecule has 5 nitrogen and oxygen atoms in total. The van der Waals surface area contributed by atoms with Gasteiger partial charge >= 0.3 is 0 Å². The molecule has 1 aromatic carbocycles. The first-order valence-electron chi connectivity index (χ1n) is 8.78. The van der Waals surface area contributed by atoms with Gasteiger partial charge in [-0.25, -0.2) is 9.97 Å². The van der Waals surface area contributed by atoms with Crippen molar-refractivity contribution in [3.05, 3.63) is 29.0 Å². The van der Waals surface area contributed by atoms with Crippen molar-refractivity contribution in [2.24, 2.45) is 11.3 Å². The van der Waals surface area contributed by atoms with Gasteiger partial charge < -0.3 is 10.2 Å². The summed E-state index contributed by atoms with van der Waals surface area (Å²) in [5, 5.41) is 4.17. The van der Waals surface area contributed by atoms with E-state index < -0.39 is 0 Å². The van der Waals surface area contributed by atoms with Crippen LogP contribution in [0.2, 0.25) is 0 Å². The van der Waals surface area contributed by atoms with E-state index in [4.69, 9.17) is 0 Å². The third kappa shape index (κ3) is 4.29. The normalized spacial score (nSPS) is 18.4. The van der Waals surface area contributed by atoms with E-state index in [1.807, 2.05) is 32.9 Å². The molecule has 25 heavy (non-hydrogen) atoms. The Bertz CT molecular complexity index is 772. The first-order chi connectivity index (χ1) is 11.8. The highest BCUT2D eigenvalue weighted by Crippen LogP contribution is 2.29. The van der Waals surface area contributed by atoms with E-state index in [0.717, 1.165) is 53.7 Å². The lowest BCUT2D eigenvalue weighted by Gasteiger charge is -2.34. The predicted molar refractivity (Wildman–Crippen MR) is 105 cm³/mol. The predicted octanol–water partition coefficient (Wildman–Crippen LogP) is 3.77. The molecule has 1 aromatic heterocycles. The number of carbonyl (C=O) groups excluding carboxylic acids is 1. The molecular weight excluding hydrogens is 380 g/mol. The quantitative estimate of drug-likeness (QED) is 0.845. The van der Waals surface area contributed by atoms with Gasteiger partial charge in [-0.1, -0.05) is 36.7 Å². The maximum Gasteiger partial charge on any atom is 0.225 e. The lowest BCUT2D eigenvalue weighted by molar-refractivity contribution is -0.128. The summed E-state index contributed by atoms with van der Waals surface area (Å²) >= 11 is 3.54. The minimum atomic E-state index is -0.344. The number of anilines is 1. The molecule has 0 radical (unpaired) electrons. The molecule has 1 unspecified atom stereocenters. The summed E-state index contributed by atoms with van der Waals surface area (Å²) in [5.74, 6) is 1.54. The van der Waals surface area contributed by atoms with Gasteiger partial charge in [-0.3, -0.25) is 4.79 Å².